The summed E-state index contributed by atoms with van der Waals surface area (Å²) in [7, 11) is 2.01. The highest BCUT2D eigenvalue weighted by Gasteiger charge is 2.40. The normalized spacial score (nSPS) is 40.3. The molecule has 0 radical (unpaired) electrons. The molecule has 13 heavy (non-hydrogen) atoms. The number of hydrogen-bond donors (Lipinski definition) is 1. The number of Topliss-reactive ketones (excluding diaryl/α,β-unsaturated/α-hetero) is 1. The second-order valence-corrected chi connectivity index (χ2v) is 3.89. The fourth-order valence-electron chi connectivity index (χ4n) is 2.18. The van der Waals surface area contributed by atoms with Gasteiger partial charge in [-0.15, -0.1) is 0 Å². The zero-order chi connectivity index (χ0) is 9.42. The molecule has 74 valence electrons. The van der Waals surface area contributed by atoms with Crippen molar-refractivity contribution >= 4 is 5.78 Å². The molecule has 2 saturated heterocycles. The molecule has 0 amide bonds. The molecule has 3 unspecified atom stereocenters. The number of hydrogen-bond acceptors (Lipinski definition) is 4. The fraction of sp³-hybridized carbons (Fsp3) is 0.889. The Morgan fingerprint density at radius 3 is 3.00 bits per heavy atom. The average Bonchev–Trinajstić information content (AvgIpc) is 2.52. The van der Waals surface area contributed by atoms with Crippen molar-refractivity contribution in [3.63, 3.8) is 0 Å². The maximum Gasteiger partial charge on any atom is 0.149 e. The van der Waals surface area contributed by atoms with E-state index >= 15 is 0 Å². The van der Waals surface area contributed by atoms with Crippen LogP contribution in [0.4, 0.5) is 0 Å². The van der Waals surface area contributed by atoms with E-state index in [2.05, 4.69) is 10.2 Å². The van der Waals surface area contributed by atoms with Crippen molar-refractivity contribution in [3.05, 3.63) is 0 Å². The average molecular weight is 184 g/mol. The second-order valence-electron chi connectivity index (χ2n) is 3.89. The summed E-state index contributed by atoms with van der Waals surface area (Å²) >= 11 is 0. The predicted octanol–water partition coefficient (Wildman–Crippen LogP) is -0.754. The SMILES string of the molecule is CC(=O)C1COC2CNCC2N1C. The Labute approximate surface area is 78.2 Å². The third-order valence-corrected chi connectivity index (χ3v) is 3.08. The summed E-state index contributed by atoms with van der Waals surface area (Å²) in [6.45, 7) is 4.03. The van der Waals surface area contributed by atoms with Gasteiger partial charge in [0.25, 0.3) is 0 Å². The maximum atomic E-state index is 11.3. The van der Waals surface area contributed by atoms with Crippen molar-refractivity contribution in [3.8, 4) is 0 Å². The third-order valence-electron chi connectivity index (χ3n) is 3.08. The number of rotatable bonds is 1. The van der Waals surface area contributed by atoms with Gasteiger partial charge in [-0.2, -0.15) is 0 Å². The highest BCUT2D eigenvalue weighted by molar-refractivity contribution is 5.81. The van der Waals surface area contributed by atoms with Crippen LogP contribution in [0.15, 0.2) is 0 Å². The first kappa shape index (κ1) is 9.12. The Bertz CT molecular complexity index is 220. The third kappa shape index (κ3) is 1.49. The van der Waals surface area contributed by atoms with E-state index in [0.717, 1.165) is 13.1 Å². The molecule has 0 spiro atoms. The Hall–Kier alpha value is -0.450. The van der Waals surface area contributed by atoms with E-state index in [0.29, 0.717) is 12.6 Å². The highest BCUT2D eigenvalue weighted by Crippen LogP contribution is 2.20. The molecule has 0 aromatic rings. The standard InChI is InChI=1S/C9H16N2O2/c1-6(12)8-5-13-9-4-10-3-7(9)11(8)2/h7-10H,3-5H2,1-2H3. The lowest BCUT2D eigenvalue weighted by Crippen LogP contribution is -2.56. The molecular formula is C9H16N2O2. The maximum absolute atomic E-state index is 11.3. The Kier molecular flexibility index (Phi) is 2.36. The number of fused-ring (bicyclic) bond motifs is 1. The zero-order valence-corrected chi connectivity index (χ0v) is 8.12. The van der Waals surface area contributed by atoms with E-state index in [1.54, 1.807) is 6.92 Å². The van der Waals surface area contributed by atoms with Crippen LogP contribution in [0.2, 0.25) is 0 Å². The molecule has 2 fully saturated rings. The van der Waals surface area contributed by atoms with E-state index < -0.39 is 0 Å². The van der Waals surface area contributed by atoms with Crippen LogP contribution in [-0.4, -0.2) is 55.6 Å². The first-order chi connectivity index (χ1) is 6.20. The molecule has 0 aliphatic carbocycles. The van der Waals surface area contributed by atoms with Gasteiger partial charge in [0.15, 0.2) is 0 Å². The van der Waals surface area contributed by atoms with E-state index in [4.69, 9.17) is 4.74 Å². The molecule has 0 bridgehead atoms. The summed E-state index contributed by atoms with van der Waals surface area (Å²) in [6, 6.07) is 0.337. The van der Waals surface area contributed by atoms with Gasteiger partial charge in [-0.1, -0.05) is 0 Å². The summed E-state index contributed by atoms with van der Waals surface area (Å²) in [5, 5.41) is 3.28. The van der Waals surface area contributed by atoms with Crippen molar-refractivity contribution in [1.29, 1.82) is 0 Å². The minimum absolute atomic E-state index is 0.0406. The van der Waals surface area contributed by atoms with Crippen LogP contribution < -0.4 is 5.32 Å². The molecular weight excluding hydrogens is 168 g/mol. The molecule has 4 heteroatoms. The Morgan fingerprint density at radius 1 is 1.54 bits per heavy atom. The number of carbonyl (C=O) groups excluding carboxylic acids is 1. The van der Waals surface area contributed by atoms with E-state index in [-0.39, 0.29) is 17.9 Å². The predicted molar refractivity (Wildman–Crippen MR) is 48.6 cm³/mol. The summed E-state index contributed by atoms with van der Waals surface area (Å²) < 4.78 is 5.62. The molecule has 2 aliphatic heterocycles. The highest BCUT2D eigenvalue weighted by atomic mass is 16.5. The summed E-state index contributed by atoms with van der Waals surface area (Å²) in [5.74, 6) is 0.202. The van der Waals surface area contributed by atoms with Gasteiger partial charge in [-0.25, -0.2) is 0 Å². The lowest BCUT2D eigenvalue weighted by Gasteiger charge is -2.39. The van der Waals surface area contributed by atoms with E-state index in [9.17, 15) is 4.79 Å². The van der Waals surface area contributed by atoms with Crippen LogP contribution in [0.5, 0.6) is 0 Å². The molecule has 1 N–H and O–H groups in total. The number of ketones is 1. The molecule has 2 rings (SSSR count). The first-order valence-corrected chi connectivity index (χ1v) is 4.75. The van der Waals surface area contributed by atoms with Gasteiger partial charge in [0, 0.05) is 13.1 Å². The number of carbonyl (C=O) groups is 1. The van der Waals surface area contributed by atoms with Crippen molar-refractivity contribution in [2.75, 3.05) is 26.7 Å². The lowest BCUT2D eigenvalue weighted by molar-refractivity contribution is -0.134. The number of nitrogens with one attached hydrogen (secondary N) is 1. The van der Waals surface area contributed by atoms with Crippen LogP contribution in [0.3, 0.4) is 0 Å². The molecule has 4 nitrogen and oxygen atoms in total. The van der Waals surface area contributed by atoms with E-state index in [1.165, 1.54) is 0 Å². The van der Waals surface area contributed by atoms with Gasteiger partial charge < -0.3 is 10.1 Å². The second kappa shape index (κ2) is 3.36. The number of ether oxygens (including phenoxy) is 1. The molecule has 3 atom stereocenters. The van der Waals surface area contributed by atoms with Crippen LogP contribution in [0, 0.1) is 0 Å². The van der Waals surface area contributed by atoms with Gasteiger partial charge in [0.05, 0.1) is 24.8 Å². The monoisotopic (exact) mass is 184 g/mol. The number of morpholine rings is 1. The van der Waals surface area contributed by atoms with Crippen LogP contribution in [0.25, 0.3) is 0 Å². The Morgan fingerprint density at radius 2 is 2.31 bits per heavy atom. The molecule has 2 aliphatic rings. The lowest BCUT2D eigenvalue weighted by atomic mass is 10.1. The summed E-state index contributed by atoms with van der Waals surface area (Å²) in [6.07, 6.45) is 0.278. The molecule has 0 aromatic heterocycles. The summed E-state index contributed by atoms with van der Waals surface area (Å²) in [5.41, 5.74) is 0. The van der Waals surface area contributed by atoms with Crippen molar-refractivity contribution in [1.82, 2.24) is 10.2 Å². The fourth-order valence-corrected chi connectivity index (χ4v) is 2.18. The smallest absolute Gasteiger partial charge is 0.149 e. The van der Waals surface area contributed by atoms with Gasteiger partial charge in [-0.3, -0.25) is 9.69 Å². The Balaban J connectivity index is 2.08. The molecule has 2 heterocycles. The van der Waals surface area contributed by atoms with Gasteiger partial charge in [-0.05, 0) is 14.0 Å². The van der Waals surface area contributed by atoms with Crippen molar-refractivity contribution in [2.24, 2.45) is 0 Å². The quantitative estimate of drug-likeness (QED) is 0.582. The molecule has 0 saturated carbocycles. The van der Waals surface area contributed by atoms with Crippen LogP contribution in [-0.2, 0) is 9.53 Å². The largest absolute Gasteiger partial charge is 0.373 e. The van der Waals surface area contributed by atoms with Crippen molar-refractivity contribution < 1.29 is 9.53 Å². The first-order valence-electron chi connectivity index (χ1n) is 4.75. The van der Waals surface area contributed by atoms with Gasteiger partial charge >= 0.3 is 0 Å². The van der Waals surface area contributed by atoms with Crippen LogP contribution in [0.1, 0.15) is 6.92 Å². The topological polar surface area (TPSA) is 41.6 Å². The van der Waals surface area contributed by atoms with Gasteiger partial charge in [0.2, 0.25) is 0 Å². The van der Waals surface area contributed by atoms with E-state index in [1.807, 2.05) is 7.05 Å². The number of nitrogens with zero attached hydrogens (tertiary/aromatic N) is 1. The van der Waals surface area contributed by atoms with Crippen LogP contribution >= 0.6 is 0 Å². The minimum atomic E-state index is -0.0406. The van der Waals surface area contributed by atoms with Gasteiger partial charge in [0.1, 0.15) is 5.78 Å². The molecule has 0 aromatic carbocycles. The summed E-state index contributed by atoms with van der Waals surface area (Å²) in [4.78, 5) is 13.4. The number of likely N-dealkylation sites (N-methyl/N-ethyl adjacent to an activating group) is 1. The zero-order valence-electron chi connectivity index (χ0n) is 8.12. The minimum Gasteiger partial charge on any atom is -0.373 e. The van der Waals surface area contributed by atoms with Crippen molar-refractivity contribution in [2.45, 2.75) is 25.1 Å².